The Kier molecular flexibility index (Phi) is 7.98. The van der Waals surface area contributed by atoms with Crippen LogP contribution in [0.25, 0.3) is 5.57 Å². The summed E-state index contributed by atoms with van der Waals surface area (Å²) in [5.74, 6) is -0.785. The molecular weight excluding hydrogens is 459 g/mol. The summed E-state index contributed by atoms with van der Waals surface area (Å²) in [6, 6.07) is 14.2. The molecule has 180 valence electrons. The molecular formula is C26H28ClFN2O4. The number of ether oxygens (including phenoxy) is 1. The van der Waals surface area contributed by atoms with Crippen LogP contribution in [0, 0.1) is 17.7 Å². The molecule has 2 aromatic carbocycles. The summed E-state index contributed by atoms with van der Waals surface area (Å²) in [6.07, 6.45) is 4.64. The van der Waals surface area contributed by atoms with Crippen molar-refractivity contribution in [1.82, 2.24) is 5.01 Å². The van der Waals surface area contributed by atoms with Crippen LogP contribution in [0.3, 0.4) is 0 Å². The zero-order valence-corrected chi connectivity index (χ0v) is 19.5. The standard InChI is InChI=1S/C26H28ClFN2O4/c27-22-11-10-20(12-23(22)28)26-21(19-4-2-1-3-5-19)13-24(31)30(29-26)14-17-6-8-18(9-7-17)15-34-16-25(32)33/h1-5,10-13,17-18,24,31H,6-9,14-16H2,(H,32,33). The predicted molar refractivity (Wildman–Crippen MR) is 129 cm³/mol. The van der Waals surface area contributed by atoms with E-state index < -0.39 is 18.0 Å². The number of hydrazone groups is 1. The van der Waals surface area contributed by atoms with Gasteiger partial charge in [0, 0.05) is 17.7 Å². The van der Waals surface area contributed by atoms with Gasteiger partial charge >= 0.3 is 5.97 Å². The number of carbonyl (C=O) groups is 1. The van der Waals surface area contributed by atoms with Crippen molar-refractivity contribution in [3.05, 3.63) is 76.6 Å². The molecule has 1 heterocycles. The molecule has 1 fully saturated rings. The molecule has 4 rings (SSSR count). The Bertz CT molecular complexity index is 1070. The maximum atomic E-state index is 14.3. The quantitative estimate of drug-likeness (QED) is 0.559. The van der Waals surface area contributed by atoms with Gasteiger partial charge in [0.05, 0.1) is 17.3 Å². The monoisotopic (exact) mass is 486 g/mol. The van der Waals surface area contributed by atoms with Gasteiger partial charge in [-0.15, -0.1) is 0 Å². The third kappa shape index (κ3) is 6.03. The average molecular weight is 487 g/mol. The van der Waals surface area contributed by atoms with Crippen LogP contribution in [-0.4, -0.2) is 52.9 Å². The maximum Gasteiger partial charge on any atom is 0.329 e. The first-order valence-corrected chi connectivity index (χ1v) is 11.8. The molecule has 2 N–H and O–H groups in total. The molecule has 1 aliphatic carbocycles. The predicted octanol–water partition coefficient (Wildman–Crippen LogP) is 4.81. The maximum absolute atomic E-state index is 14.3. The van der Waals surface area contributed by atoms with Crippen LogP contribution in [0.15, 0.2) is 59.7 Å². The zero-order valence-electron chi connectivity index (χ0n) is 18.7. The number of aliphatic hydroxyl groups is 1. The minimum Gasteiger partial charge on any atom is -0.480 e. The summed E-state index contributed by atoms with van der Waals surface area (Å²) in [5, 5.41) is 26.1. The van der Waals surface area contributed by atoms with E-state index in [0.29, 0.717) is 36.3 Å². The molecule has 0 amide bonds. The minimum atomic E-state index is -0.954. The van der Waals surface area contributed by atoms with E-state index in [4.69, 9.17) is 26.5 Å². The van der Waals surface area contributed by atoms with Crippen LogP contribution in [0.1, 0.15) is 36.8 Å². The number of benzene rings is 2. The van der Waals surface area contributed by atoms with Crippen molar-refractivity contribution < 1.29 is 24.1 Å². The lowest BCUT2D eigenvalue weighted by atomic mass is 9.82. The fraction of sp³-hybridized carbons (Fsp3) is 0.385. The van der Waals surface area contributed by atoms with E-state index in [1.54, 1.807) is 17.2 Å². The Hall–Kier alpha value is -2.74. The van der Waals surface area contributed by atoms with Gasteiger partial charge in [0.25, 0.3) is 0 Å². The van der Waals surface area contributed by atoms with E-state index >= 15 is 0 Å². The Morgan fingerprint density at radius 2 is 1.79 bits per heavy atom. The van der Waals surface area contributed by atoms with E-state index in [2.05, 4.69) is 0 Å². The number of allylic oxidation sites excluding steroid dienone is 1. The highest BCUT2D eigenvalue weighted by Crippen LogP contribution is 2.32. The summed E-state index contributed by atoms with van der Waals surface area (Å²) in [6.45, 7) is 0.764. The van der Waals surface area contributed by atoms with Gasteiger partial charge in [-0.25, -0.2) is 9.18 Å². The summed E-state index contributed by atoms with van der Waals surface area (Å²) < 4.78 is 19.5. The molecule has 6 nitrogen and oxygen atoms in total. The van der Waals surface area contributed by atoms with Gasteiger partial charge in [-0.1, -0.05) is 48.0 Å². The topological polar surface area (TPSA) is 82.4 Å². The minimum absolute atomic E-state index is 0.0476. The number of aliphatic hydroxyl groups excluding tert-OH is 1. The Balaban J connectivity index is 1.49. The molecule has 0 aromatic heterocycles. The Morgan fingerprint density at radius 1 is 1.09 bits per heavy atom. The number of nitrogens with zero attached hydrogens (tertiary/aromatic N) is 2. The smallest absolute Gasteiger partial charge is 0.329 e. The summed E-state index contributed by atoms with van der Waals surface area (Å²) in [4.78, 5) is 10.6. The first kappa shape index (κ1) is 24.4. The lowest BCUT2D eigenvalue weighted by Gasteiger charge is -2.35. The third-order valence-corrected chi connectivity index (χ3v) is 6.68. The molecule has 1 aliphatic heterocycles. The number of rotatable bonds is 8. The van der Waals surface area contributed by atoms with Gasteiger partial charge < -0.3 is 14.9 Å². The summed E-state index contributed by atoms with van der Waals surface area (Å²) in [5.41, 5.74) is 2.80. The molecule has 8 heteroatoms. The second kappa shape index (κ2) is 11.1. The van der Waals surface area contributed by atoms with E-state index in [1.807, 2.05) is 30.3 Å². The lowest BCUT2D eigenvalue weighted by Crippen LogP contribution is -2.38. The van der Waals surface area contributed by atoms with Gasteiger partial charge in [0.1, 0.15) is 12.4 Å². The molecule has 0 bridgehead atoms. The molecule has 0 radical (unpaired) electrons. The first-order chi connectivity index (χ1) is 16.4. The normalized spacial score (nSPS) is 22.8. The number of halogens is 2. The van der Waals surface area contributed by atoms with E-state index in [1.165, 1.54) is 12.1 Å². The van der Waals surface area contributed by atoms with Crippen LogP contribution in [-0.2, 0) is 9.53 Å². The molecule has 1 saturated carbocycles. The molecule has 2 aliphatic rings. The van der Waals surface area contributed by atoms with Crippen molar-refractivity contribution in [1.29, 1.82) is 0 Å². The van der Waals surface area contributed by atoms with Gasteiger partial charge in [-0.3, -0.25) is 5.01 Å². The summed E-state index contributed by atoms with van der Waals surface area (Å²) >= 11 is 5.89. The van der Waals surface area contributed by atoms with Crippen molar-refractivity contribution in [2.75, 3.05) is 19.8 Å². The van der Waals surface area contributed by atoms with Crippen molar-refractivity contribution in [2.24, 2.45) is 16.9 Å². The van der Waals surface area contributed by atoms with E-state index in [0.717, 1.165) is 36.8 Å². The Morgan fingerprint density at radius 3 is 2.47 bits per heavy atom. The highest BCUT2D eigenvalue weighted by Gasteiger charge is 2.29. The van der Waals surface area contributed by atoms with Gasteiger partial charge in [0.15, 0.2) is 6.23 Å². The van der Waals surface area contributed by atoms with E-state index in [9.17, 15) is 14.3 Å². The number of carboxylic acids is 1. The number of carboxylic acid groups (broad SMARTS) is 1. The van der Waals surface area contributed by atoms with Crippen LogP contribution in [0.4, 0.5) is 4.39 Å². The van der Waals surface area contributed by atoms with E-state index in [-0.39, 0.29) is 11.6 Å². The SMILES string of the molecule is O=C(O)COCC1CCC(CN2N=C(c3ccc(Cl)c(F)c3)C(c3ccccc3)=CC2O)CC1. The molecule has 0 saturated heterocycles. The summed E-state index contributed by atoms with van der Waals surface area (Å²) in [7, 11) is 0. The Labute approximate surface area is 203 Å². The largest absolute Gasteiger partial charge is 0.480 e. The highest BCUT2D eigenvalue weighted by atomic mass is 35.5. The molecule has 2 aromatic rings. The second-order valence-corrected chi connectivity index (χ2v) is 9.26. The average Bonchev–Trinajstić information content (AvgIpc) is 2.83. The number of hydrogen-bond acceptors (Lipinski definition) is 5. The fourth-order valence-corrected chi connectivity index (χ4v) is 4.69. The van der Waals surface area contributed by atoms with Gasteiger partial charge in [-0.2, -0.15) is 5.10 Å². The molecule has 34 heavy (non-hydrogen) atoms. The second-order valence-electron chi connectivity index (χ2n) is 8.86. The zero-order chi connectivity index (χ0) is 24.1. The van der Waals surface area contributed by atoms with Crippen LogP contribution in [0.2, 0.25) is 5.02 Å². The molecule has 1 unspecified atom stereocenters. The fourth-order valence-electron chi connectivity index (χ4n) is 4.57. The first-order valence-electron chi connectivity index (χ1n) is 11.5. The van der Waals surface area contributed by atoms with Crippen LogP contribution >= 0.6 is 11.6 Å². The van der Waals surface area contributed by atoms with Crippen LogP contribution in [0.5, 0.6) is 0 Å². The number of hydrogen-bond donors (Lipinski definition) is 2. The van der Waals surface area contributed by atoms with Crippen molar-refractivity contribution in [3.63, 3.8) is 0 Å². The van der Waals surface area contributed by atoms with Crippen molar-refractivity contribution >= 4 is 28.9 Å². The van der Waals surface area contributed by atoms with Gasteiger partial charge in [0.2, 0.25) is 0 Å². The molecule has 0 spiro atoms. The van der Waals surface area contributed by atoms with Crippen LogP contribution < -0.4 is 0 Å². The highest BCUT2D eigenvalue weighted by molar-refractivity contribution is 6.33. The van der Waals surface area contributed by atoms with Gasteiger partial charge in [-0.05, 0) is 61.3 Å². The number of aliphatic carboxylic acids is 1. The molecule has 1 atom stereocenters. The lowest BCUT2D eigenvalue weighted by molar-refractivity contribution is -0.142. The van der Waals surface area contributed by atoms with Crippen molar-refractivity contribution in [3.8, 4) is 0 Å². The third-order valence-electron chi connectivity index (χ3n) is 6.37. The van der Waals surface area contributed by atoms with Crippen molar-refractivity contribution in [2.45, 2.75) is 31.9 Å².